The number of rotatable bonds is 3. The number of hydrogen-bond donors (Lipinski definition) is 1. The van der Waals surface area contributed by atoms with Crippen molar-refractivity contribution in [1.29, 1.82) is 0 Å². The fraction of sp³-hybridized carbons (Fsp3) is 0.333. The number of benzene rings is 1. The van der Waals surface area contributed by atoms with E-state index >= 15 is 0 Å². The van der Waals surface area contributed by atoms with Crippen molar-refractivity contribution in [2.45, 2.75) is 6.42 Å². The summed E-state index contributed by atoms with van der Waals surface area (Å²) in [6.45, 7) is 0.0394. The van der Waals surface area contributed by atoms with Gasteiger partial charge >= 0.3 is 0 Å². The fourth-order valence-corrected chi connectivity index (χ4v) is 1.69. The highest BCUT2D eigenvalue weighted by Crippen LogP contribution is 2.30. The minimum absolute atomic E-state index is 0.0394. The van der Waals surface area contributed by atoms with E-state index in [1.807, 2.05) is 0 Å². The molecule has 0 amide bonds. The maximum absolute atomic E-state index is 8.79. The van der Waals surface area contributed by atoms with Crippen LogP contribution in [0.2, 0.25) is 10.0 Å². The van der Waals surface area contributed by atoms with Crippen molar-refractivity contribution in [2.24, 2.45) is 0 Å². The first-order valence-corrected chi connectivity index (χ1v) is 4.57. The zero-order chi connectivity index (χ0) is 9.84. The molecule has 1 aromatic carbocycles. The Morgan fingerprint density at radius 1 is 1.38 bits per heavy atom. The third-order valence-corrected chi connectivity index (χ3v) is 2.26. The normalized spacial score (nSPS) is 10.2. The smallest absolute Gasteiger partial charge is 0.125 e. The quantitative estimate of drug-likeness (QED) is 0.849. The Morgan fingerprint density at radius 2 is 2.08 bits per heavy atom. The van der Waals surface area contributed by atoms with Crippen LogP contribution in [-0.4, -0.2) is 18.8 Å². The fourth-order valence-electron chi connectivity index (χ4n) is 1.12. The molecule has 0 fully saturated rings. The van der Waals surface area contributed by atoms with Crippen molar-refractivity contribution in [3.05, 3.63) is 27.7 Å². The minimum atomic E-state index is 0.0394. The zero-order valence-corrected chi connectivity index (χ0v) is 8.69. The molecular formula is C9H10Cl2O2. The Bertz CT molecular complexity index is 300. The largest absolute Gasteiger partial charge is 0.496 e. The molecule has 0 saturated carbocycles. The number of aliphatic hydroxyl groups excluding tert-OH is 1. The molecule has 13 heavy (non-hydrogen) atoms. The summed E-state index contributed by atoms with van der Waals surface area (Å²) < 4.78 is 5.08. The van der Waals surface area contributed by atoms with Gasteiger partial charge in [0.2, 0.25) is 0 Å². The molecule has 1 aromatic rings. The summed E-state index contributed by atoms with van der Waals surface area (Å²) in [6.07, 6.45) is 0.471. The number of ether oxygens (including phenoxy) is 1. The van der Waals surface area contributed by atoms with E-state index in [0.717, 1.165) is 5.56 Å². The summed E-state index contributed by atoms with van der Waals surface area (Å²) in [6, 6.07) is 3.31. The highest BCUT2D eigenvalue weighted by Gasteiger charge is 2.08. The first kappa shape index (κ1) is 10.6. The van der Waals surface area contributed by atoms with Crippen LogP contribution in [0.15, 0.2) is 12.1 Å². The van der Waals surface area contributed by atoms with Crippen LogP contribution in [0.1, 0.15) is 5.56 Å². The van der Waals surface area contributed by atoms with Gasteiger partial charge in [-0.2, -0.15) is 0 Å². The molecule has 72 valence electrons. The highest BCUT2D eigenvalue weighted by atomic mass is 35.5. The lowest BCUT2D eigenvalue weighted by Crippen LogP contribution is -1.96. The maximum Gasteiger partial charge on any atom is 0.125 e. The molecule has 0 radical (unpaired) electrons. The molecule has 1 rings (SSSR count). The Balaban J connectivity index is 3.13. The highest BCUT2D eigenvalue weighted by molar-refractivity contribution is 6.35. The second-order valence-corrected chi connectivity index (χ2v) is 3.39. The Kier molecular flexibility index (Phi) is 3.85. The molecule has 0 heterocycles. The van der Waals surface area contributed by atoms with Gasteiger partial charge in [0.1, 0.15) is 5.75 Å². The van der Waals surface area contributed by atoms with Crippen molar-refractivity contribution in [3.8, 4) is 5.75 Å². The van der Waals surface area contributed by atoms with Crippen molar-refractivity contribution in [3.63, 3.8) is 0 Å². The molecule has 0 aliphatic rings. The molecule has 0 spiro atoms. The van der Waals surface area contributed by atoms with Gasteiger partial charge in [-0.3, -0.25) is 0 Å². The first-order chi connectivity index (χ1) is 6.19. The van der Waals surface area contributed by atoms with E-state index in [4.69, 9.17) is 33.0 Å². The predicted molar refractivity (Wildman–Crippen MR) is 53.8 cm³/mol. The lowest BCUT2D eigenvalue weighted by molar-refractivity contribution is 0.297. The molecule has 4 heteroatoms. The summed E-state index contributed by atoms with van der Waals surface area (Å²) >= 11 is 11.7. The van der Waals surface area contributed by atoms with Crippen LogP contribution in [0.3, 0.4) is 0 Å². The van der Waals surface area contributed by atoms with E-state index in [1.54, 1.807) is 19.2 Å². The van der Waals surface area contributed by atoms with Crippen LogP contribution in [0.25, 0.3) is 0 Å². The van der Waals surface area contributed by atoms with Crippen molar-refractivity contribution < 1.29 is 9.84 Å². The predicted octanol–water partition coefficient (Wildman–Crippen LogP) is 2.54. The lowest BCUT2D eigenvalue weighted by atomic mass is 10.1. The van der Waals surface area contributed by atoms with Gasteiger partial charge in [-0.05, 0) is 12.1 Å². The van der Waals surface area contributed by atoms with Gasteiger partial charge < -0.3 is 9.84 Å². The van der Waals surface area contributed by atoms with Gasteiger partial charge in [-0.1, -0.05) is 23.2 Å². The average molecular weight is 221 g/mol. The van der Waals surface area contributed by atoms with Crippen molar-refractivity contribution in [2.75, 3.05) is 13.7 Å². The number of halogens is 2. The van der Waals surface area contributed by atoms with Gasteiger partial charge in [-0.25, -0.2) is 0 Å². The summed E-state index contributed by atoms with van der Waals surface area (Å²) in [5, 5.41) is 9.84. The number of methoxy groups -OCH3 is 1. The van der Waals surface area contributed by atoms with Crippen LogP contribution in [-0.2, 0) is 6.42 Å². The molecular weight excluding hydrogens is 211 g/mol. The van der Waals surface area contributed by atoms with Crippen LogP contribution >= 0.6 is 23.2 Å². The Labute approximate surface area is 87.0 Å². The lowest BCUT2D eigenvalue weighted by Gasteiger charge is -2.09. The summed E-state index contributed by atoms with van der Waals surface area (Å²) in [5.41, 5.74) is 0.788. The summed E-state index contributed by atoms with van der Waals surface area (Å²) in [5.74, 6) is 0.617. The first-order valence-electron chi connectivity index (χ1n) is 3.81. The van der Waals surface area contributed by atoms with E-state index in [0.29, 0.717) is 22.2 Å². The van der Waals surface area contributed by atoms with Gasteiger partial charge in [0.05, 0.1) is 7.11 Å². The van der Waals surface area contributed by atoms with Crippen LogP contribution < -0.4 is 4.74 Å². The monoisotopic (exact) mass is 220 g/mol. The van der Waals surface area contributed by atoms with Crippen LogP contribution in [0.4, 0.5) is 0 Å². The topological polar surface area (TPSA) is 29.5 Å². The summed E-state index contributed by atoms with van der Waals surface area (Å²) in [7, 11) is 1.54. The molecule has 0 aromatic heterocycles. The SMILES string of the molecule is COc1cc(Cl)cc(Cl)c1CCO. The molecule has 2 nitrogen and oxygen atoms in total. The molecule has 0 aliphatic heterocycles. The van der Waals surface area contributed by atoms with Gasteiger partial charge in [-0.15, -0.1) is 0 Å². The number of hydrogen-bond acceptors (Lipinski definition) is 2. The average Bonchev–Trinajstić information content (AvgIpc) is 2.09. The molecule has 0 unspecified atom stereocenters. The maximum atomic E-state index is 8.79. The third kappa shape index (κ3) is 2.50. The van der Waals surface area contributed by atoms with E-state index in [1.165, 1.54) is 0 Å². The summed E-state index contributed by atoms with van der Waals surface area (Å²) in [4.78, 5) is 0. The molecule has 0 aliphatic carbocycles. The molecule has 0 bridgehead atoms. The van der Waals surface area contributed by atoms with E-state index in [2.05, 4.69) is 0 Å². The van der Waals surface area contributed by atoms with Crippen LogP contribution in [0, 0.1) is 0 Å². The molecule has 1 N–H and O–H groups in total. The number of aliphatic hydroxyl groups is 1. The van der Waals surface area contributed by atoms with E-state index in [-0.39, 0.29) is 6.61 Å². The van der Waals surface area contributed by atoms with Gasteiger partial charge in [0, 0.05) is 28.6 Å². The second-order valence-electron chi connectivity index (χ2n) is 2.54. The van der Waals surface area contributed by atoms with Gasteiger partial charge in [0.15, 0.2) is 0 Å². The third-order valence-electron chi connectivity index (χ3n) is 1.70. The Hall–Kier alpha value is -0.440. The van der Waals surface area contributed by atoms with Crippen molar-refractivity contribution >= 4 is 23.2 Å². The zero-order valence-electron chi connectivity index (χ0n) is 7.18. The Morgan fingerprint density at radius 3 is 2.62 bits per heavy atom. The second kappa shape index (κ2) is 4.70. The van der Waals surface area contributed by atoms with E-state index < -0.39 is 0 Å². The van der Waals surface area contributed by atoms with Gasteiger partial charge in [0.25, 0.3) is 0 Å². The van der Waals surface area contributed by atoms with Crippen molar-refractivity contribution in [1.82, 2.24) is 0 Å². The van der Waals surface area contributed by atoms with Crippen LogP contribution in [0.5, 0.6) is 5.75 Å². The molecule has 0 saturated heterocycles. The van der Waals surface area contributed by atoms with E-state index in [9.17, 15) is 0 Å². The molecule has 0 atom stereocenters. The minimum Gasteiger partial charge on any atom is -0.496 e. The standard InChI is InChI=1S/C9H10Cl2O2/c1-13-9-5-6(10)4-8(11)7(9)2-3-12/h4-5,12H,2-3H2,1H3.